The average molecular weight is 627 g/mol. The summed E-state index contributed by atoms with van der Waals surface area (Å²) in [6.07, 6.45) is 0. The zero-order chi connectivity index (χ0) is 32.3. The van der Waals surface area contributed by atoms with Crippen LogP contribution in [0.15, 0.2) is 186 Å². The molecule has 10 rings (SSSR count). The van der Waals surface area contributed by atoms with Crippen LogP contribution >= 0.6 is 0 Å². The number of fused-ring (bicyclic) bond motifs is 3. The molecular formula is C46H30N2O. The lowest BCUT2D eigenvalue weighted by Crippen LogP contribution is -2.11. The van der Waals surface area contributed by atoms with E-state index in [2.05, 4.69) is 180 Å². The second-order valence-electron chi connectivity index (χ2n) is 12.5. The number of anilines is 6. The van der Waals surface area contributed by atoms with E-state index in [9.17, 15) is 0 Å². The Morgan fingerprint density at radius 1 is 0.306 bits per heavy atom. The number of furan rings is 1. The van der Waals surface area contributed by atoms with E-state index in [1.54, 1.807) is 0 Å². The van der Waals surface area contributed by atoms with Crippen LogP contribution in [0.4, 0.5) is 34.1 Å². The molecule has 10 aromatic rings. The first-order valence-corrected chi connectivity index (χ1v) is 16.7. The molecule has 0 aliphatic carbocycles. The molecular weight excluding hydrogens is 597 g/mol. The Bertz CT molecular complexity index is 2730. The van der Waals surface area contributed by atoms with Crippen LogP contribution in [0.25, 0.3) is 54.3 Å². The highest BCUT2D eigenvalue weighted by molar-refractivity contribution is 6.28. The van der Waals surface area contributed by atoms with Gasteiger partial charge in [0.1, 0.15) is 11.2 Å². The van der Waals surface area contributed by atoms with Gasteiger partial charge in [-0.25, -0.2) is 0 Å². The Hall–Kier alpha value is -6.58. The van der Waals surface area contributed by atoms with Crippen LogP contribution in [0.2, 0.25) is 0 Å². The Morgan fingerprint density at radius 2 is 0.755 bits per heavy atom. The van der Waals surface area contributed by atoms with Crippen LogP contribution in [-0.2, 0) is 0 Å². The molecule has 0 spiro atoms. The molecule has 0 aliphatic heterocycles. The van der Waals surface area contributed by atoms with Crippen molar-refractivity contribution in [2.75, 3.05) is 9.80 Å². The van der Waals surface area contributed by atoms with Gasteiger partial charge in [0.2, 0.25) is 0 Å². The molecule has 0 N–H and O–H groups in total. The summed E-state index contributed by atoms with van der Waals surface area (Å²) < 4.78 is 6.22. The van der Waals surface area contributed by atoms with E-state index in [-0.39, 0.29) is 0 Å². The van der Waals surface area contributed by atoms with Crippen molar-refractivity contribution in [3.8, 4) is 0 Å². The zero-order valence-electron chi connectivity index (χ0n) is 26.6. The molecule has 0 aliphatic rings. The smallest absolute Gasteiger partial charge is 0.135 e. The minimum absolute atomic E-state index is 0.891. The van der Waals surface area contributed by atoms with Crippen molar-refractivity contribution in [1.82, 2.24) is 0 Å². The largest absolute Gasteiger partial charge is 0.456 e. The number of rotatable bonds is 6. The van der Waals surface area contributed by atoms with E-state index in [1.165, 1.54) is 32.3 Å². The molecule has 230 valence electrons. The van der Waals surface area contributed by atoms with E-state index >= 15 is 0 Å². The third kappa shape index (κ3) is 4.37. The standard InChI is InChI=1S/C46H30N2O/c1-4-12-33(13-5-1)47(34-14-6-2-7-15-34)41-27-22-31-21-26-39-42(28-23-32-20-25-38(41)45(31)46(32)39)48(35-16-8-3-9-17-35)36-24-29-44-40(30-36)37-18-10-11-19-43(37)49-44/h1-30H. The molecule has 0 saturated carbocycles. The van der Waals surface area contributed by atoms with Crippen molar-refractivity contribution in [2.45, 2.75) is 0 Å². The third-order valence-corrected chi connectivity index (χ3v) is 9.76. The normalized spacial score (nSPS) is 11.7. The molecule has 0 amide bonds. The van der Waals surface area contributed by atoms with Crippen molar-refractivity contribution in [2.24, 2.45) is 0 Å². The lowest BCUT2D eigenvalue weighted by Gasteiger charge is -2.29. The van der Waals surface area contributed by atoms with Crippen LogP contribution in [0.1, 0.15) is 0 Å². The topological polar surface area (TPSA) is 19.6 Å². The van der Waals surface area contributed by atoms with Crippen molar-refractivity contribution in [3.05, 3.63) is 182 Å². The van der Waals surface area contributed by atoms with Gasteiger partial charge in [-0.15, -0.1) is 0 Å². The summed E-state index contributed by atoms with van der Waals surface area (Å²) in [6.45, 7) is 0. The first-order valence-electron chi connectivity index (χ1n) is 16.7. The Balaban J connectivity index is 1.24. The van der Waals surface area contributed by atoms with Gasteiger partial charge in [-0.1, -0.05) is 109 Å². The van der Waals surface area contributed by atoms with E-state index in [0.29, 0.717) is 0 Å². The maximum atomic E-state index is 6.22. The molecule has 1 aromatic heterocycles. The van der Waals surface area contributed by atoms with E-state index in [4.69, 9.17) is 4.42 Å². The summed E-state index contributed by atoms with van der Waals surface area (Å²) in [7, 11) is 0. The summed E-state index contributed by atoms with van der Waals surface area (Å²) in [5, 5.41) is 9.66. The Morgan fingerprint density at radius 3 is 1.31 bits per heavy atom. The molecule has 0 atom stereocenters. The molecule has 0 saturated heterocycles. The van der Waals surface area contributed by atoms with Crippen LogP contribution in [0.3, 0.4) is 0 Å². The van der Waals surface area contributed by atoms with Gasteiger partial charge in [-0.05, 0) is 94.3 Å². The Kier molecular flexibility index (Phi) is 6.18. The molecule has 3 nitrogen and oxygen atoms in total. The van der Waals surface area contributed by atoms with Gasteiger partial charge >= 0.3 is 0 Å². The first-order chi connectivity index (χ1) is 24.3. The fourth-order valence-corrected chi connectivity index (χ4v) is 7.60. The zero-order valence-corrected chi connectivity index (χ0v) is 26.6. The highest BCUT2D eigenvalue weighted by Gasteiger charge is 2.22. The second kappa shape index (κ2) is 11.0. The van der Waals surface area contributed by atoms with Gasteiger partial charge in [0, 0.05) is 44.3 Å². The SMILES string of the molecule is c1ccc(N(c2ccccc2)c2ccc3ccc4c(N(c5ccccc5)c5ccc6oc7ccccc7c6c5)ccc5ccc2c3c54)cc1. The summed E-state index contributed by atoms with van der Waals surface area (Å²) >= 11 is 0. The van der Waals surface area contributed by atoms with Crippen LogP contribution < -0.4 is 9.80 Å². The number of para-hydroxylation sites is 4. The van der Waals surface area contributed by atoms with E-state index < -0.39 is 0 Å². The minimum atomic E-state index is 0.891. The van der Waals surface area contributed by atoms with Gasteiger partial charge in [-0.2, -0.15) is 0 Å². The lowest BCUT2D eigenvalue weighted by atomic mass is 9.91. The number of nitrogens with zero attached hydrogens (tertiary/aromatic N) is 2. The Labute approximate surface area is 283 Å². The van der Waals surface area contributed by atoms with Gasteiger partial charge in [-0.3, -0.25) is 0 Å². The average Bonchev–Trinajstić information content (AvgIpc) is 3.54. The molecule has 3 heteroatoms. The van der Waals surface area contributed by atoms with E-state index in [0.717, 1.165) is 56.1 Å². The molecule has 0 fully saturated rings. The summed E-state index contributed by atoms with van der Waals surface area (Å²) in [6, 6.07) is 65.0. The van der Waals surface area contributed by atoms with Crippen molar-refractivity contribution in [3.63, 3.8) is 0 Å². The first kappa shape index (κ1) is 27.5. The third-order valence-electron chi connectivity index (χ3n) is 9.76. The van der Waals surface area contributed by atoms with Crippen molar-refractivity contribution >= 4 is 88.4 Å². The summed E-state index contributed by atoms with van der Waals surface area (Å²) in [5.41, 5.74) is 8.52. The van der Waals surface area contributed by atoms with Crippen molar-refractivity contribution in [1.29, 1.82) is 0 Å². The number of hydrogen-bond acceptors (Lipinski definition) is 3. The van der Waals surface area contributed by atoms with Gasteiger partial charge < -0.3 is 14.2 Å². The van der Waals surface area contributed by atoms with E-state index in [1.807, 2.05) is 12.1 Å². The fraction of sp³-hybridized carbons (Fsp3) is 0. The molecule has 1 heterocycles. The number of benzene rings is 9. The fourth-order valence-electron chi connectivity index (χ4n) is 7.60. The van der Waals surface area contributed by atoms with Gasteiger partial charge in [0.05, 0.1) is 11.4 Å². The monoisotopic (exact) mass is 626 g/mol. The molecule has 9 aromatic carbocycles. The van der Waals surface area contributed by atoms with Gasteiger partial charge in [0.15, 0.2) is 0 Å². The van der Waals surface area contributed by atoms with Crippen LogP contribution in [0.5, 0.6) is 0 Å². The van der Waals surface area contributed by atoms with Gasteiger partial charge in [0.25, 0.3) is 0 Å². The maximum absolute atomic E-state index is 6.22. The maximum Gasteiger partial charge on any atom is 0.135 e. The lowest BCUT2D eigenvalue weighted by molar-refractivity contribution is 0.669. The predicted molar refractivity (Wildman–Crippen MR) is 207 cm³/mol. The highest BCUT2D eigenvalue weighted by atomic mass is 16.3. The molecule has 0 bridgehead atoms. The quantitative estimate of drug-likeness (QED) is 0.171. The number of hydrogen-bond donors (Lipinski definition) is 0. The van der Waals surface area contributed by atoms with Crippen LogP contribution in [-0.4, -0.2) is 0 Å². The van der Waals surface area contributed by atoms with Crippen LogP contribution in [0, 0.1) is 0 Å². The van der Waals surface area contributed by atoms with Crippen molar-refractivity contribution < 1.29 is 4.42 Å². The minimum Gasteiger partial charge on any atom is -0.456 e. The predicted octanol–water partition coefficient (Wildman–Crippen LogP) is 13.4. The summed E-state index contributed by atoms with van der Waals surface area (Å²) in [5.74, 6) is 0. The second-order valence-corrected chi connectivity index (χ2v) is 12.5. The molecule has 49 heavy (non-hydrogen) atoms. The molecule has 0 unspecified atom stereocenters. The highest BCUT2D eigenvalue weighted by Crippen LogP contribution is 2.47. The molecule has 0 radical (unpaired) electrons. The summed E-state index contributed by atoms with van der Waals surface area (Å²) in [4.78, 5) is 4.75.